The quantitative estimate of drug-likeness (QED) is 0.786. The number of carbonyl (C=O) groups excluding carboxylic acids is 1. The molecule has 0 aromatic carbocycles. The third-order valence-electron chi connectivity index (χ3n) is 2.97. The number of aromatic nitrogens is 1. The summed E-state index contributed by atoms with van der Waals surface area (Å²) < 4.78 is 0. The molecule has 0 fully saturated rings. The molecule has 1 unspecified atom stereocenters. The number of halogens is 2. The summed E-state index contributed by atoms with van der Waals surface area (Å²) in [6, 6.07) is 0. The van der Waals surface area contributed by atoms with Crippen LogP contribution in [0.15, 0.2) is 6.20 Å². The van der Waals surface area contributed by atoms with E-state index >= 15 is 0 Å². The Labute approximate surface area is 144 Å². The van der Waals surface area contributed by atoms with Crippen LogP contribution >= 0.6 is 36.2 Å². The lowest BCUT2D eigenvalue weighted by Crippen LogP contribution is -2.52. The van der Waals surface area contributed by atoms with Crippen molar-refractivity contribution in [2.24, 2.45) is 11.7 Å². The summed E-state index contributed by atoms with van der Waals surface area (Å²) in [5.74, 6) is 0.430. The van der Waals surface area contributed by atoms with Gasteiger partial charge in [-0.3, -0.25) is 4.79 Å². The Hall–Kier alpha value is -0.360. The van der Waals surface area contributed by atoms with Gasteiger partial charge in [0.2, 0.25) is 0 Å². The molecule has 0 radical (unpaired) electrons. The highest BCUT2D eigenvalue weighted by molar-refractivity contribution is 7.13. The minimum absolute atomic E-state index is 0. The minimum Gasteiger partial charge on any atom is -0.345 e. The Morgan fingerprint density at radius 2 is 2.10 bits per heavy atom. The predicted molar refractivity (Wildman–Crippen MR) is 95.0 cm³/mol. The van der Waals surface area contributed by atoms with E-state index in [9.17, 15) is 4.79 Å². The molecule has 0 saturated carbocycles. The molecule has 0 bridgehead atoms. The third kappa shape index (κ3) is 7.45. The SMILES string of the molecule is CCCc1ncc(C(=O)NC(C)(CN)CC(C)C)s1.Cl.Cl. The van der Waals surface area contributed by atoms with Crippen LogP contribution < -0.4 is 11.1 Å². The largest absolute Gasteiger partial charge is 0.345 e. The molecule has 1 heterocycles. The highest BCUT2D eigenvalue weighted by atomic mass is 35.5. The molecule has 1 aromatic heterocycles. The summed E-state index contributed by atoms with van der Waals surface area (Å²) >= 11 is 1.47. The van der Waals surface area contributed by atoms with Crippen LogP contribution in [0.4, 0.5) is 0 Å². The Morgan fingerprint density at radius 1 is 1.48 bits per heavy atom. The monoisotopic (exact) mass is 355 g/mol. The molecule has 0 spiro atoms. The van der Waals surface area contributed by atoms with Crippen LogP contribution in [0.1, 0.15) is 55.2 Å². The van der Waals surface area contributed by atoms with Crippen molar-refractivity contribution in [1.29, 1.82) is 0 Å². The van der Waals surface area contributed by atoms with Crippen molar-refractivity contribution in [3.8, 4) is 0 Å². The molecule has 0 aliphatic rings. The topological polar surface area (TPSA) is 68.0 Å². The molecule has 7 heteroatoms. The minimum atomic E-state index is -0.347. The van der Waals surface area contributed by atoms with Crippen LogP contribution in [0, 0.1) is 5.92 Å². The molecule has 1 atom stereocenters. The summed E-state index contributed by atoms with van der Waals surface area (Å²) in [5, 5.41) is 4.07. The number of hydrogen-bond acceptors (Lipinski definition) is 4. The highest BCUT2D eigenvalue weighted by Gasteiger charge is 2.27. The first-order valence-electron chi connectivity index (χ1n) is 6.87. The number of thiazole rings is 1. The molecule has 0 aliphatic carbocycles. The summed E-state index contributed by atoms with van der Waals surface area (Å²) in [5.41, 5.74) is 5.46. The van der Waals surface area contributed by atoms with Gasteiger partial charge >= 0.3 is 0 Å². The van der Waals surface area contributed by atoms with E-state index in [0.717, 1.165) is 24.3 Å². The van der Waals surface area contributed by atoms with Crippen molar-refractivity contribution in [2.45, 2.75) is 52.5 Å². The second-order valence-electron chi connectivity index (χ2n) is 5.69. The Balaban J connectivity index is 0. The number of amides is 1. The summed E-state index contributed by atoms with van der Waals surface area (Å²) in [6.45, 7) is 8.81. The van der Waals surface area contributed by atoms with Crippen LogP contribution in [-0.4, -0.2) is 23.0 Å². The van der Waals surface area contributed by atoms with Crippen molar-refractivity contribution in [3.05, 3.63) is 16.1 Å². The van der Waals surface area contributed by atoms with Gasteiger partial charge in [-0.05, 0) is 32.1 Å². The van der Waals surface area contributed by atoms with E-state index in [1.165, 1.54) is 11.3 Å². The van der Waals surface area contributed by atoms with Crippen molar-refractivity contribution in [2.75, 3.05) is 6.54 Å². The van der Waals surface area contributed by atoms with E-state index in [1.54, 1.807) is 6.20 Å². The fraction of sp³-hybridized carbons (Fsp3) is 0.714. The zero-order chi connectivity index (χ0) is 14.5. The number of rotatable bonds is 7. The van der Waals surface area contributed by atoms with E-state index in [2.05, 4.69) is 31.1 Å². The summed E-state index contributed by atoms with van der Waals surface area (Å²) in [6.07, 6.45) is 4.51. The molecule has 0 saturated heterocycles. The second-order valence-corrected chi connectivity index (χ2v) is 6.80. The average Bonchev–Trinajstić information content (AvgIpc) is 2.77. The number of aryl methyl sites for hydroxylation is 1. The van der Waals surface area contributed by atoms with Gasteiger partial charge in [0.05, 0.1) is 16.7 Å². The van der Waals surface area contributed by atoms with Crippen molar-refractivity contribution in [3.63, 3.8) is 0 Å². The fourth-order valence-corrected chi connectivity index (χ4v) is 3.08. The van der Waals surface area contributed by atoms with Gasteiger partial charge in [-0.15, -0.1) is 36.2 Å². The lowest BCUT2D eigenvalue weighted by Gasteiger charge is -2.30. The number of nitrogens with zero attached hydrogens (tertiary/aromatic N) is 1. The Bertz CT molecular complexity index is 426. The normalized spacial score (nSPS) is 13.0. The van der Waals surface area contributed by atoms with E-state index in [4.69, 9.17) is 5.73 Å². The molecule has 124 valence electrons. The zero-order valence-corrected chi connectivity index (χ0v) is 15.6. The Kier molecular flexibility index (Phi) is 11.3. The molecule has 1 aromatic rings. The molecule has 21 heavy (non-hydrogen) atoms. The van der Waals surface area contributed by atoms with Gasteiger partial charge in [-0.2, -0.15) is 0 Å². The van der Waals surface area contributed by atoms with Gasteiger partial charge in [0.15, 0.2) is 0 Å². The maximum absolute atomic E-state index is 12.2. The predicted octanol–water partition coefficient (Wildman–Crippen LogP) is 3.43. The molecular weight excluding hydrogens is 329 g/mol. The maximum atomic E-state index is 12.2. The lowest BCUT2D eigenvalue weighted by atomic mass is 9.90. The van der Waals surface area contributed by atoms with E-state index in [0.29, 0.717) is 17.3 Å². The molecule has 0 aliphatic heterocycles. The number of nitrogens with two attached hydrogens (primary N) is 1. The summed E-state index contributed by atoms with van der Waals surface area (Å²) in [7, 11) is 0. The first-order chi connectivity index (χ1) is 8.90. The van der Waals surface area contributed by atoms with Crippen LogP contribution in [0.25, 0.3) is 0 Å². The number of carbonyl (C=O) groups is 1. The average molecular weight is 356 g/mol. The highest BCUT2D eigenvalue weighted by Crippen LogP contribution is 2.19. The van der Waals surface area contributed by atoms with Gasteiger partial charge in [-0.25, -0.2) is 4.98 Å². The fourth-order valence-electron chi connectivity index (χ4n) is 2.17. The van der Waals surface area contributed by atoms with Gasteiger partial charge in [0, 0.05) is 6.54 Å². The standard InChI is InChI=1S/C14H25N3OS.2ClH/c1-5-6-12-16-8-11(19-12)13(18)17-14(4,9-15)7-10(2)3;;/h8,10H,5-7,9,15H2,1-4H3,(H,17,18);2*1H. The molecule has 1 rings (SSSR count). The third-order valence-corrected chi connectivity index (χ3v) is 4.02. The Morgan fingerprint density at radius 3 is 2.57 bits per heavy atom. The van der Waals surface area contributed by atoms with Crippen molar-refractivity contribution in [1.82, 2.24) is 10.3 Å². The smallest absolute Gasteiger partial charge is 0.263 e. The van der Waals surface area contributed by atoms with Crippen molar-refractivity contribution >= 4 is 42.1 Å². The van der Waals surface area contributed by atoms with Gasteiger partial charge < -0.3 is 11.1 Å². The molecular formula is C14H27Cl2N3OS. The maximum Gasteiger partial charge on any atom is 0.263 e. The second kappa shape index (κ2) is 10.4. The van der Waals surface area contributed by atoms with Gasteiger partial charge in [0.1, 0.15) is 4.88 Å². The van der Waals surface area contributed by atoms with Crippen LogP contribution in [-0.2, 0) is 6.42 Å². The molecule has 4 nitrogen and oxygen atoms in total. The zero-order valence-electron chi connectivity index (χ0n) is 13.1. The van der Waals surface area contributed by atoms with Crippen LogP contribution in [0.3, 0.4) is 0 Å². The first kappa shape index (κ1) is 22.9. The number of hydrogen-bond donors (Lipinski definition) is 2. The van der Waals surface area contributed by atoms with Gasteiger partial charge in [-0.1, -0.05) is 20.8 Å². The lowest BCUT2D eigenvalue weighted by molar-refractivity contribution is 0.0902. The van der Waals surface area contributed by atoms with Crippen LogP contribution in [0.2, 0.25) is 0 Å². The van der Waals surface area contributed by atoms with Crippen molar-refractivity contribution < 1.29 is 4.79 Å². The number of nitrogens with one attached hydrogen (secondary N) is 1. The molecule has 3 N–H and O–H groups in total. The van der Waals surface area contributed by atoms with E-state index < -0.39 is 0 Å². The first-order valence-corrected chi connectivity index (χ1v) is 7.69. The van der Waals surface area contributed by atoms with Crippen LogP contribution in [0.5, 0.6) is 0 Å². The summed E-state index contributed by atoms with van der Waals surface area (Å²) in [4.78, 5) is 17.2. The van der Waals surface area contributed by atoms with E-state index in [1.807, 2.05) is 6.92 Å². The van der Waals surface area contributed by atoms with Gasteiger partial charge in [0.25, 0.3) is 5.91 Å². The van der Waals surface area contributed by atoms with E-state index in [-0.39, 0.29) is 36.3 Å². The molecule has 1 amide bonds.